The molecule has 10 aromatic rings. The Morgan fingerprint density at radius 2 is 0.678 bits per heavy atom. The number of anilines is 6. The van der Waals surface area contributed by atoms with Crippen molar-refractivity contribution in [3.8, 4) is 33.4 Å². The number of hydrogen-bond donors (Lipinski definition) is 0. The highest BCUT2D eigenvalue weighted by Crippen LogP contribution is 2.49. The quantitative estimate of drug-likeness (QED) is 0.143. The summed E-state index contributed by atoms with van der Waals surface area (Å²) >= 11 is 0. The molecule has 0 radical (unpaired) electrons. The van der Waals surface area contributed by atoms with Gasteiger partial charge < -0.3 is 9.80 Å². The van der Waals surface area contributed by atoms with Crippen LogP contribution in [0, 0.1) is 0 Å². The number of benzene rings is 10. The minimum atomic E-state index is 0.873. The molecule has 0 amide bonds. The molecule has 0 saturated carbocycles. The summed E-state index contributed by atoms with van der Waals surface area (Å²) in [5.74, 6) is 0. The van der Waals surface area contributed by atoms with Crippen molar-refractivity contribution in [2.45, 2.75) is 6.42 Å². The van der Waals surface area contributed by atoms with E-state index in [2.05, 4.69) is 240 Å². The van der Waals surface area contributed by atoms with Gasteiger partial charge in [-0.1, -0.05) is 158 Å². The van der Waals surface area contributed by atoms with Crippen LogP contribution in [0.5, 0.6) is 0 Å². The van der Waals surface area contributed by atoms with Crippen LogP contribution in [0.3, 0.4) is 0 Å². The van der Waals surface area contributed by atoms with Gasteiger partial charge in [0.05, 0.1) is 0 Å². The normalized spacial score (nSPS) is 11.7. The maximum Gasteiger partial charge on any atom is 0.0468 e. The number of hydrogen-bond acceptors (Lipinski definition) is 2. The third kappa shape index (κ3) is 6.23. The van der Waals surface area contributed by atoms with E-state index in [0.717, 1.165) is 40.5 Å². The van der Waals surface area contributed by atoms with E-state index in [4.69, 9.17) is 0 Å². The average molecular weight is 753 g/mol. The lowest BCUT2D eigenvalue weighted by Gasteiger charge is -2.26. The van der Waals surface area contributed by atoms with Gasteiger partial charge in [0.15, 0.2) is 0 Å². The molecule has 0 N–H and O–H groups in total. The molecule has 0 bridgehead atoms. The molecule has 0 unspecified atom stereocenters. The van der Waals surface area contributed by atoms with Crippen LogP contribution in [0.25, 0.3) is 54.9 Å². The van der Waals surface area contributed by atoms with Crippen LogP contribution in [-0.2, 0) is 6.42 Å². The van der Waals surface area contributed by atoms with Crippen LogP contribution in [0.1, 0.15) is 11.1 Å². The Hall–Kier alpha value is -7.68. The molecule has 0 spiro atoms. The van der Waals surface area contributed by atoms with Gasteiger partial charge >= 0.3 is 0 Å². The van der Waals surface area contributed by atoms with E-state index in [1.807, 2.05) is 0 Å². The molecule has 0 saturated heterocycles. The van der Waals surface area contributed by atoms with Gasteiger partial charge in [0.2, 0.25) is 0 Å². The fourth-order valence-corrected chi connectivity index (χ4v) is 9.10. The zero-order valence-corrected chi connectivity index (χ0v) is 32.5. The third-order valence-electron chi connectivity index (χ3n) is 11.9. The molecule has 0 aromatic heterocycles. The minimum Gasteiger partial charge on any atom is -0.310 e. The smallest absolute Gasteiger partial charge is 0.0468 e. The van der Waals surface area contributed by atoms with Crippen LogP contribution in [-0.4, -0.2) is 0 Å². The van der Waals surface area contributed by atoms with E-state index < -0.39 is 0 Å². The summed E-state index contributed by atoms with van der Waals surface area (Å²) in [6.07, 6.45) is 0.873. The van der Waals surface area contributed by atoms with E-state index in [1.54, 1.807) is 0 Å². The predicted octanol–water partition coefficient (Wildman–Crippen LogP) is 15.8. The molecule has 278 valence electrons. The Morgan fingerprint density at radius 1 is 0.271 bits per heavy atom. The lowest BCUT2D eigenvalue weighted by molar-refractivity contribution is 1.24. The molecule has 0 fully saturated rings. The van der Waals surface area contributed by atoms with Crippen LogP contribution >= 0.6 is 0 Å². The van der Waals surface area contributed by atoms with Crippen molar-refractivity contribution < 1.29 is 0 Å². The lowest BCUT2D eigenvalue weighted by atomic mass is 9.91. The molecule has 11 rings (SSSR count). The second kappa shape index (κ2) is 14.7. The van der Waals surface area contributed by atoms with Gasteiger partial charge in [0.1, 0.15) is 0 Å². The maximum atomic E-state index is 2.42. The molecule has 1 aliphatic rings. The fraction of sp³-hybridized carbons (Fsp3) is 0.0175. The zero-order chi connectivity index (χ0) is 39.1. The summed E-state index contributed by atoms with van der Waals surface area (Å²) in [5, 5.41) is 5.16. The summed E-state index contributed by atoms with van der Waals surface area (Å²) in [7, 11) is 0. The first kappa shape index (κ1) is 34.6. The zero-order valence-electron chi connectivity index (χ0n) is 32.5. The van der Waals surface area contributed by atoms with Crippen molar-refractivity contribution in [2.75, 3.05) is 9.80 Å². The summed E-state index contributed by atoms with van der Waals surface area (Å²) in [4.78, 5) is 4.76. The summed E-state index contributed by atoms with van der Waals surface area (Å²) in [5.41, 5.74) is 17.1. The Labute approximate surface area is 345 Å². The fourth-order valence-electron chi connectivity index (χ4n) is 9.10. The summed E-state index contributed by atoms with van der Waals surface area (Å²) in [6.45, 7) is 0. The first-order valence-corrected chi connectivity index (χ1v) is 20.4. The number of nitrogens with zero attached hydrogens (tertiary/aromatic N) is 2. The molecule has 2 heteroatoms. The Balaban J connectivity index is 1.01. The molecular weight excluding hydrogens is 713 g/mol. The average Bonchev–Trinajstić information content (AvgIpc) is 3.70. The first-order valence-electron chi connectivity index (χ1n) is 20.4. The summed E-state index contributed by atoms with van der Waals surface area (Å²) in [6, 6.07) is 83.6. The highest BCUT2D eigenvalue weighted by atomic mass is 15.1. The van der Waals surface area contributed by atoms with Crippen LogP contribution in [0.15, 0.2) is 231 Å². The van der Waals surface area contributed by atoms with Gasteiger partial charge in [0, 0.05) is 34.1 Å². The van der Waals surface area contributed by atoms with Crippen molar-refractivity contribution in [1.29, 1.82) is 0 Å². The number of rotatable bonds is 8. The van der Waals surface area contributed by atoms with Crippen molar-refractivity contribution in [1.82, 2.24) is 0 Å². The van der Waals surface area contributed by atoms with Crippen molar-refractivity contribution in [2.24, 2.45) is 0 Å². The van der Waals surface area contributed by atoms with Crippen LogP contribution in [0.2, 0.25) is 0 Å². The Bertz CT molecular complexity index is 3090. The molecule has 1 aliphatic carbocycles. The maximum absolute atomic E-state index is 2.42. The molecule has 10 aromatic carbocycles. The van der Waals surface area contributed by atoms with Gasteiger partial charge in [-0.25, -0.2) is 0 Å². The van der Waals surface area contributed by atoms with Crippen molar-refractivity contribution in [3.63, 3.8) is 0 Å². The Morgan fingerprint density at radius 3 is 1.22 bits per heavy atom. The minimum absolute atomic E-state index is 0.873. The van der Waals surface area contributed by atoms with E-state index in [-0.39, 0.29) is 0 Å². The van der Waals surface area contributed by atoms with Crippen LogP contribution < -0.4 is 9.80 Å². The molecule has 59 heavy (non-hydrogen) atoms. The standard InChI is InChI=1S/C57H40N2/c1-5-15-40(16-6-1)42-25-29-47(30-26-42)58(45-19-9-3-10-20-45)49-33-35-51-44(37-49)38-56-53-36-34-50(39-55(53)52-23-13-14-24-54(52)57(51)56)59(46-21-11-4-12-22-46)48-31-27-43(28-32-48)41-17-7-2-8-18-41/h1-37,39H,38H2. The lowest BCUT2D eigenvalue weighted by Crippen LogP contribution is -2.10. The van der Waals surface area contributed by atoms with E-state index >= 15 is 0 Å². The molecular formula is C57H40N2. The van der Waals surface area contributed by atoms with Crippen molar-refractivity contribution >= 4 is 55.7 Å². The molecule has 0 aliphatic heterocycles. The van der Waals surface area contributed by atoms with Crippen LogP contribution in [0.4, 0.5) is 34.1 Å². The largest absolute Gasteiger partial charge is 0.310 e. The third-order valence-corrected chi connectivity index (χ3v) is 11.9. The van der Waals surface area contributed by atoms with Gasteiger partial charge in [-0.2, -0.15) is 0 Å². The molecule has 0 atom stereocenters. The van der Waals surface area contributed by atoms with Gasteiger partial charge in [-0.05, 0) is 145 Å². The van der Waals surface area contributed by atoms with Gasteiger partial charge in [-0.3, -0.25) is 0 Å². The SMILES string of the molecule is c1ccc(-c2ccc(N(c3ccccc3)c3ccc4c(c3)Cc3c-4c4ccccc4c4cc(N(c5ccccc5)c5ccc(-c6ccccc6)cc5)ccc34)cc2)cc1. The second-order valence-electron chi connectivity index (χ2n) is 15.3. The highest BCUT2D eigenvalue weighted by molar-refractivity contribution is 6.18. The second-order valence-corrected chi connectivity index (χ2v) is 15.3. The van der Waals surface area contributed by atoms with Gasteiger partial charge in [-0.15, -0.1) is 0 Å². The highest BCUT2D eigenvalue weighted by Gasteiger charge is 2.26. The van der Waals surface area contributed by atoms with E-state index in [9.17, 15) is 0 Å². The first-order chi connectivity index (χ1) is 29.3. The summed E-state index contributed by atoms with van der Waals surface area (Å²) < 4.78 is 0. The predicted molar refractivity (Wildman–Crippen MR) is 250 cm³/mol. The monoisotopic (exact) mass is 752 g/mol. The number of para-hydroxylation sites is 2. The van der Waals surface area contributed by atoms with E-state index in [1.165, 1.54) is 66.1 Å². The van der Waals surface area contributed by atoms with Gasteiger partial charge in [0.25, 0.3) is 0 Å². The topological polar surface area (TPSA) is 6.48 Å². The molecule has 2 nitrogen and oxygen atoms in total. The van der Waals surface area contributed by atoms with Crippen molar-refractivity contribution in [3.05, 3.63) is 242 Å². The Kier molecular flexibility index (Phi) is 8.60. The molecule has 0 heterocycles. The van der Waals surface area contributed by atoms with E-state index in [0.29, 0.717) is 0 Å². The number of fused-ring (bicyclic) bond motifs is 8.